The van der Waals surface area contributed by atoms with Crippen LogP contribution >= 0.6 is 0 Å². The number of hydrogen-bond donors (Lipinski definition) is 0. The van der Waals surface area contributed by atoms with Gasteiger partial charge in [0.25, 0.3) is 6.71 Å². The molecule has 0 bridgehead atoms. The normalized spacial score (nSPS) is 11.1. The van der Waals surface area contributed by atoms with Crippen LogP contribution in [0.5, 0.6) is 5.75 Å². The van der Waals surface area contributed by atoms with Crippen LogP contribution in [0.1, 0.15) is 11.1 Å². The zero-order valence-electron chi connectivity index (χ0n) is 16.3. The molecular formula is C21H13BF8O. The Labute approximate surface area is 172 Å². The van der Waals surface area contributed by atoms with Crippen LogP contribution < -0.4 is 21.1 Å². The molecule has 0 saturated heterocycles. The lowest BCUT2D eigenvalue weighted by Crippen LogP contribution is -2.59. The molecule has 3 aromatic rings. The van der Waals surface area contributed by atoms with Gasteiger partial charge in [-0.25, -0.2) is 26.3 Å². The van der Waals surface area contributed by atoms with E-state index in [0.29, 0.717) is 12.1 Å². The molecule has 0 atom stereocenters. The molecular weight excluding hydrogens is 431 g/mol. The third kappa shape index (κ3) is 3.53. The maximum Gasteiger partial charge on any atom is 0.264 e. The quantitative estimate of drug-likeness (QED) is 0.337. The van der Waals surface area contributed by atoms with E-state index in [0.717, 1.165) is 19.2 Å². The number of aryl methyl sites for hydroxylation is 2. The molecule has 0 unspecified atom stereocenters. The van der Waals surface area contributed by atoms with E-state index < -0.39 is 75.4 Å². The first-order chi connectivity index (χ1) is 14.5. The van der Waals surface area contributed by atoms with E-state index in [2.05, 4.69) is 4.74 Å². The highest BCUT2D eigenvalue weighted by atomic mass is 19.2. The fraction of sp³-hybridized carbons (Fsp3) is 0.143. The van der Waals surface area contributed by atoms with Crippen molar-refractivity contribution in [3.05, 3.63) is 81.9 Å². The second-order valence-corrected chi connectivity index (χ2v) is 6.82. The molecule has 0 aliphatic rings. The molecule has 0 aliphatic heterocycles. The fourth-order valence-corrected chi connectivity index (χ4v) is 3.38. The summed E-state index contributed by atoms with van der Waals surface area (Å²) in [5.74, 6) is -15.3. The minimum atomic E-state index is -2.53. The van der Waals surface area contributed by atoms with Gasteiger partial charge in [0.2, 0.25) is 11.6 Å². The molecule has 0 heterocycles. The van der Waals surface area contributed by atoms with E-state index >= 15 is 0 Å². The lowest BCUT2D eigenvalue weighted by Gasteiger charge is -2.22. The monoisotopic (exact) mass is 444 g/mol. The second-order valence-electron chi connectivity index (χ2n) is 6.82. The largest absolute Gasteiger partial charge is 0.491 e. The number of halogens is 8. The van der Waals surface area contributed by atoms with Crippen LogP contribution in [0.4, 0.5) is 35.1 Å². The molecule has 162 valence electrons. The lowest BCUT2D eigenvalue weighted by molar-refractivity contribution is 0.335. The van der Waals surface area contributed by atoms with Crippen molar-refractivity contribution in [3.8, 4) is 5.75 Å². The highest BCUT2D eigenvalue weighted by molar-refractivity contribution is 6.95. The third-order valence-electron chi connectivity index (χ3n) is 4.97. The fourth-order valence-electron chi connectivity index (χ4n) is 3.38. The van der Waals surface area contributed by atoms with Crippen molar-refractivity contribution in [2.45, 2.75) is 13.8 Å². The maximum atomic E-state index is 14.9. The Morgan fingerprint density at radius 1 is 0.548 bits per heavy atom. The summed E-state index contributed by atoms with van der Waals surface area (Å²) >= 11 is 0. The van der Waals surface area contributed by atoms with Gasteiger partial charge in [0.15, 0.2) is 17.4 Å². The van der Waals surface area contributed by atoms with Crippen LogP contribution in [-0.2, 0) is 0 Å². The first-order valence-electron chi connectivity index (χ1n) is 8.81. The summed E-state index contributed by atoms with van der Waals surface area (Å²) in [6.07, 6.45) is 0. The average Bonchev–Trinajstić information content (AvgIpc) is 2.73. The van der Waals surface area contributed by atoms with Crippen molar-refractivity contribution >= 4 is 23.1 Å². The van der Waals surface area contributed by atoms with Gasteiger partial charge >= 0.3 is 0 Å². The molecule has 0 N–H and O–H groups in total. The summed E-state index contributed by atoms with van der Waals surface area (Å²) in [7, 11) is 0.733. The summed E-state index contributed by atoms with van der Waals surface area (Å²) in [4.78, 5) is 0. The molecule has 10 heteroatoms. The van der Waals surface area contributed by atoms with Crippen LogP contribution in [0.15, 0.2) is 24.3 Å². The topological polar surface area (TPSA) is 9.23 Å². The molecule has 0 radical (unpaired) electrons. The van der Waals surface area contributed by atoms with Crippen LogP contribution in [0.3, 0.4) is 0 Å². The number of benzene rings is 3. The Kier molecular flexibility index (Phi) is 6.02. The molecule has 1 nitrogen and oxygen atoms in total. The van der Waals surface area contributed by atoms with Gasteiger partial charge in [0, 0.05) is 16.4 Å². The molecule has 0 saturated carbocycles. The van der Waals surface area contributed by atoms with E-state index in [1.165, 1.54) is 13.8 Å². The van der Waals surface area contributed by atoms with Gasteiger partial charge in [-0.3, -0.25) is 0 Å². The summed E-state index contributed by atoms with van der Waals surface area (Å²) in [5, 5.41) is 0. The number of hydrogen-bond acceptors (Lipinski definition) is 1. The molecule has 0 aromatic heterocycles. The van der Waals surface area contributed by atoms with Crippen molar-refractivity contribution in [2.24, 2.45) is 0 Å². The Bertz CT molecular complexity index is 1110. The molecule has 0 spiro atoms. The standard InChI is InChI=1S/C21H13BF8O/c1-8-4-6-10(23)12(15(8)25)22(13-11(24)7-5-9(2)16(13)26)14-17(27)19(29)21(31-3)20(30)18(14)28/h4-7H,1-3H3. The summed E-state index contributed by atoms with van der Waals surface area (Å²) < 4.78 is 122. The number of rotatable bonds is 4. The van der Waals surface area contributed by atoms with Crippen molar-refractivity contribution < 1.29 is 39.9 Å². The Hall–Kier alpha value is -3.04. The lowest BCUT2D eigenvalue weighted by atomic mass is 9.35. The van der Waals surface area contributed by atoms with Gasteiger partial charge in [0.1, 0.15) is 23.3 Å². The molecule has 0 aliphatic carbocycles. The molecule has 0 fully saturated rings. The van der Waals surface area contributed by atoms with Crippen molar-refractivity contribution in [3.63, 3.8) is 0 Å². The van der Waals surface area contributed by atoms with Gasteiger partial charge in [-0.05, 0) is 37.1 Å². The van der Waals surface area contributed by atoms with E-state index in [9.17, 15) is 35.1 Å². The smallest absolute Gasteiger partial charge is 0.264 e. The first-order valence-corrected chi connectivity index (χ1v) is 8.81. The SMILES string of the molecule is COc1c(F)c(F)c(B(c2c(F)ccc(C)c2F)c2c(F)ccc(C)c2F)c(F)c1F. The average molecular weight is 444 g/mol. The van der Waals surface area contributed by atoms with E-state index in [-0.39, 0.29) is 11.1 Å². The minimum absolute atomic E-state index is 0.231. The highest BCUT2D eigenvalue weighted by Crippen LogP contribution is 2.26. The molecule has 0 amide bonds. The molecule has 3 aromatic carbocycles. The minimum Gasteiger partial charge on any atom is -0.491 e. The summed E-state index contributed by atoms with van der Waals surface area (Å²) in [6.45, 7) is -0.199. The van der Waals surface area contributed by atoms with Gasteiger partial charge < -0.3 is 4.74 Å². The highest BCUT2D eigenvalue weighted by Gasteiger charge is 2.41. The summed E-state index contributed by atoms with van der Waals surface area (Å²) in [5.41, 5.74) is -4.42. The Morgan fingerprint density at radius 2 is 0.935 bits per heavy atom. The number of ether oxygens (including phenoxy) is 1. The summed E-state index contributed by atoms with van der Waals surface area (Å²) in [6, 6.07) is 3.38. The zero-order chi connectivity index (χ0) is 23.2. The third-order valence-corrected chi connectivity index (χ3v) is 4.97. The Balaban J connectivity index is 2.56. The van der Waals surface area contributed by atoms with Gasteiger partial charge in [0.05, 0.1) is 7.11 Å². The maximum absolute atomic E-state index is 14.9. The predicted octanol–water partition coefficient (Wildman–Crippen LogP) is 3.94. The second kappa shape index (κ2) is 8.24. The van der Waals surface area contributed by atoms with Crippen molar-refractivity contribution in [1.29, 1.82) is 0 Å². The molecule has 31 heavy (non-hydrogen) atoms. The zero-order valence-corrected chi connectivity index (χ0v) is 16.3. The first kappa shape index (κ1) is 22.6. The molecule has 3 rings (SSSR count). The van der Waals surface area contributed by atoms with E-state index in [1.807, 2.05) is 0 Å². The van der Waals surface area contributed by atoms with Crippen LogP contribution in [-0.4, -0.2) is 13.8 Å². The van der Waals surface area contributed by atoms with Crippen molar-refractivity contribution in [2.75, 3.05) is 7.11 Å². The number of methoxy groups -OCH3 is 1. The Morgan fingerprint density at radius 3 is 1.29 bits per heavy atom. The van der Waals surface area contributed by atoms with E-state index in [4.69, 9.17) is 0 Å². The van der Waals surface area contributed by atoms with Crippen LogP contribution in [0.25, 0.3) is 0 Å². The van der Waals surface area contributed by atoms with Gasteiger partial charge in [-0.15, -0.1) is 0 Å². The van der Waals surface area contributed by atoms with Crippen LogP contribution in [0, 0.1) is 60.4 Å². The van der Waals surface area contributed by atoms with Crippen LogP contribution in [0.2, 0.25) is 0 Å². The van der Waals surface area contributed by atoms with Crippen molar-refractivity contribution in [1.82, 2.24) is 0 Å². The van der Waals surface area contributed by atoms with Gasteiger partial charge in [-0.2, -0.15) is 8.78 Å². The van der Waals surface area contributed by atoms with Gasteiger partial charge in [-0.1, -0.05) is 12.1 Å². The van der Waals surface area contributed by atoms with E-state index in [1.54, 1.807) is 0 Å². The predicted molar refractivity (Wildman–Crippen MR) is 99.7 cm³/mol.